The van der Waals surface area contributed by atoms with Crippen LogP contribution in [0.5, 0.6) is 0 Å². The number of amides is 1. The van der Waals surface area contributed by atoms with Crippen molar-refractivity contribution in [2.75, 3.05) is 13.2 Å². The van der Waals surface area contributed by atoms with Gasteiger partial charge in [-0.15, -0.1) is 0 Å². The van der Waals surface area contributed by atoms with Crippen molar-refractivity contribution in [3.63, 3.8) is 0 Å². The minimum atomic E-state index is -2.04. The minimum absolute atomic E-state index is 0.191. The van der Waals surface area contributed by atoms with Crippen LogP contribution in [0.1, 0.15) is 38.7 Å². The molecule has 0 aromatic heterocycles. The molecule has 0 radical (unpaired) electrons. The zero-order chi connectivity index (χ0) is 23.0. The smallest absolute Gasteiger partial charge is 0.323 e. The summed E-state index contributed by atoms with van der Waals surface area (Å²) in [4.78, 5) is 39.8. The fraction of sp³-hybridized carbons (Fsp3) is 0.609. The SMILES string of the molecule is CCOC(=O)C(CCc1ccccc1)NC(C)C(=O)N1CCCC1C(=O)O[Si](C)(C)C. The van der Waals surface area contributed by atoms with E-state index in [0.29, 0.717) is 25.8 Å². The van der Waals surface area contributed by atoms with Crippen LogP contribution in [0.15, 0.2) is 30.3 Å². The number of ether oxygens (including phenoxy) is 1. The summed E-state index contributed by atoms with van der Waals surface area (Å²) in [5.41, 5.74) is 1.12. The number of likely N-dealkylation sites (tertiary alicyclic amines) is 1. The number of benzene rings is 1. The first-order valence-corrected chi connectivity index (χ1v) is 14.5. The molecule has 7 nitrogen and oxygen atoms in total. The van der Waals surface area contributed by atoms with Crippen molar-refractivity contribution >= 4 is 26.2 Å². The van der Waals surface area contributed by atoms with Crippen LogP contribution < -0.4 is 5.32 Å². The van der Waals surface area contributed by atoms with E-state index in [9.17, 15) is 14.4 Å². The zero-order valence-corrected chi connectivity index (χ0v) is 20.3. The lowest BCUT2D eigenvalue weighted by Crippen LogP contribution is -2.54. The molecule has 0 aliphatic carbocycles. The van der Waals surface area contributed by atoms with Crippen molar-refractivity contribution in [3.8, 4) is 0 Å². The molecule has 172 valence electrons. The normalized spacial score (nSPS) is 18.4. The first kappa shape index (κ1) is 25.1. The number of nitrogens with zero attached hydrogens (tertiary/aromatic N) is 1. The van der Waals surface area contributed by atoms with Gasteiger partial charge in [-0.1, -0.05) is 30.3 Å². The van der Waals surface area contributed by atoms with Crippen LogP contribution in [0.2, 0.25) is 19.6 Å². The van der Waals surface area contributed by atoms with Gasteiger partial charge >= 0.3 is 11.9 Å². The molecule has 3 unspecified atom stereocenters. The molecule has 1 saturated heterocycles. The van der Waals surface area contributed by atoms with E-state index < -0.39 is 26.4 Å². The maximum Gasteiger partial charge on any atom is 0.323 e. The maximum absolute atomic E-state index is 13.1. The molecule has 1 aromatic carbocycles. The summed E-state index contributed by atoms with van der Waals surface area (Å²) in [7, 11) is -2.04. The number of nitrogens with one attached hydrogen (secondary N) is 1. The standard InChI is InChI=1S/C23H36N2O5Si/c1-6-29-22(27)19(15-14-18-11-8-7-9-12-18)24-17(2)21(26)25-16-10-13-20(25)23(28)30-31(3,4)5/h7-9,11-12,17,19-20,24H,6,10,13-16H2,1-5H3. The van der Waals surface area contributed by atoms with Crippen LogP contribution in [-0.4, -0.2) is 62.3 Å². The van der Waals surface area contributed by atoms with E-state index in [-0.39, 0.29) is 24.5 Å². The van der Waals surface area contributed by atoms with Gasteiger partial charge in [-0.2, -0.15) is 0 Å². The highest BCUT2D eigenvalue weighted by Gasteiger charge is 2.39. The van der Waals surface area contributed by atoms with E-state index in [1.165, 1.54) is 0 Å². The molecule has 0 spiro atoms. The van der Waals surface area contributed by atoms with Crippen LogP contribution in [-0.2, 0) is 30.0 Å². The Balaban J connectivity index is 2.03. The molecule has 1 amide bonds. The predicted octanol–water partition coefficient (Wildman–Crippen LogP) is 2.90. The number of carbonyl (C=O) groups is 3. The largest absolute Gasteiger partial charge is 0.518 e. The number of hydrogen-bond donors (Lipinski definition) is 1. The van der Waals surface area contributed by atoms with Gasteiger partial charge in [0.25, 0.3) is 0 Å². The third-order valence-corrected chi connectivity index (χ3v) is 5.99. The van der Waals surface area contributed by atoms with Crippen LogP contribution in [0.25, 0.3) is 0 Å². The summed E-state index contributed by atoms with van der Waals surface area (Å²) in [6.07, 6.45) is 2.57. The topological polar surface area (TPSA) is 84.9 Å². The first-order chi connectivity index (χ1) is 14.6. The van der Waals surface area contributed by atoms with Crippen LogP contribution in [0.4, 0.5) is 0 Å². The Morgan fingerprint density at radius 3 is 2.48 bits per heavy atom. The second kappa shape index (κ2) is 11.4. The van der Waals surface area contributed by atoms with Crippen LogP contribution >= 0.6 is 0 Å². The number of esters is 1. The predicted molar refractivity (Wildman–Crippen MR) is 122 cm³/mol. The molecule has 31 heavy (non-hydrogen) atoms. The molecule has 3 atom stereocenters. The average molecular weight is 449 g/mol. The average Bonchev–Trinajstić information content (AvgIpc) is 3.20. The quantitative estimate of drug-likeness (QED) is 0.438. The Morgan fingerprint density at radius 2 is 1.87 bits per heavy atom. The molecule has 2 rings (SSSR count). The van der Waals surface area contributed by atoms with Gasteiger partial charge in [-0.3, -0.25) is 19.7 Å². The van der Waals surface area contributed by atoms with Gasteiger partial charge in [0, 0.05) is 6.54 Å². The van der Waals surface area contributed by atoms with Gasteiger partial charge in [-0.25, -0.2) is 0 Å². The van der Waals surface area contributed by atoms with E-state index in [0.717, 1.165) is 12.0 Å². The van der Waals surface area contributed by atoms with Crippen molar-refractivity contribution < 1.29 is 23.5 Å². The van der Waals surface area contributed by atoms with Gasteiger partial charge in [0.15, 0.2) is 0 Å². The number of hydrogen-bond acceptors (Lipinski definition) is 6. The second-order valence-corrected chi connectivity index (χ2v) is 13.4. The first-order valence-electron chi connectivity index (χ1n) is 11.1. The lowest BCUT2D eigenvalue weighted by atomic mass is 10.0. The molecule has 1 aliphatic heterocycles. The van der Waals surface area contributed by atoms with Crippen molar-refractivity contribution in [2.45, 2.75) is 77.3 Å². The summed E-state index contributed by atoms with van der Waals surface area (Å²) in [5, 5.41) is 3.15. The van der Waals surface area contributed by atoms with Crippen molar-refractivity contribution in [1.82, 2.24) is 10.2 Å². The summed E-state index contributed by atoms with van der Waals surface area (Å²) in [6.45, 7) is 10.1. The van der Waals surface area contributed by atoms with E-state index >= 15 is 0 Å². The number of carbonyl (C=O) groups excluding carboxylic acids is 3. The molecule has 8 heteroatoms. The van der Waals surface area contributed by atoms with E-state index in [1.807, 2.05) is 50.0 Å². The molecule has 1 aliphatic rings. The highest BCUT2D eigenvalue weighted by molar-refractivity contribution is 6.71. The fourth-order valence-electron chi connectivity index (χ4n) is 3.73. The molecule has 0 saturated carbocycles. The van der Waals surface area contributed by atoms with Crippen molar-refractivity contribution in [3.05, 3.63) is 35.9 Å². The highest BCUT2D eigenvalue weighted by Crippen LogP contribution is 2.21. The highest BCUT2D eigenvalue weighted by atomic mass is 28.4. The summed E-state index contributed by atoms with van der Waals surface area (Å²) >= 11 is 0. The Morgan fingerprint density at radius 1 is 1.19 bits per heavy atom. The molecular formula is C23H36N2O5Si. The van der Waals surface area contributed by atoms with E-state index in [4.69, 9.17) is 9.16 Å². The van der Waals surface area contributed by atoms with E-state index in [1.54, 1.807) is 18.7 Å². The monoisotopic (exact) mass is 448 g/mol. The maximum atomic E-state index is 13.1. The third kappa shape index (κ3) is 7.77. The lowest BCUT2D eigenvalue weighted by Gasteiger charge is -2.30. The third-order valence-electron chi connectivity index (χ3n) is 5.17. The van der Waals surface area contributed by atoms with Crippen LogP contribution in [0, 0.1) is 0 Å². The Kier molecular flexibility index (Phi) is 9.25. The van der Waals surface area contributed by atoms with Gasteiger partial charge in [0.1, 0.15) is 12.1 Å². The summed E-state index contributed by atoms with van der Waals surface area (Å²) in [5.74, 6) is -0.874. The molecule has 0 bridgehead atoms. The number of aryl methyl sites for hydroxylation is 1. The van der Waals surface area contributed by atoms with Gasteiger partial charge in [0.2, 0.25) is 14.2 Å². The molecule has 1 N–H and O–H groups in total. The Labute approximate surface area is 186 Å². The molecule has 1 aromatic rings. The molecule has 1 heterocycles. The fourth-order valence-corrected chi connectivity index (χ4v) is 4.47. The van der Waals surface area contributed by atoms with Crippen molar-refractivity contribution in [1.29, 1.82) is 0 Å². The zero-order valence-electron chi connectivity index (χ0n) is 19.3. The van der Waals surface area contributed by atoms with Gasteiger partial charge < -0.3 is 14.1 Å². The number of rotatable bonds is 10. The van der Waals surface area contributed by atoms with Crippen LogP contribution in [0.3, 0.4) is 0 Å². The van der Waals surface area contributed by atoms with Gasteiger partial charge in [0.05, 0.1) is 12.6 Å². The van der Waals surface area contributed by atoms with Crippen molar-refractivity contribution in [2.24, 2.45) is 0 Å². The summed E-state index contributed by atoms with van der Waals surface area (Å²) < 4.78 is 10.8. The van der Waals surface area contributed by atoms with E-state index in [2.05, 4.69) is 5.32 Å². The second-order valence-electron chi connectivity index (χ2n) is 8.94. The van der Waals surface area contributed by atoms with Gasteiger partial charge in [-0.05, 0) is 64.7 Å². The summed E-state index contributed by atoms with van der Waals surface area (Å²) in [6, 6.07) is 8.12. The lowest BCUT2D eigenvalue weighted by molar-refractivity contribution is -0.149. The Bertz CT molecular complexity index is 750. The Hall–Kier alpha value is -2.19. The molecule has 1 fully saturated rings. The molecular weight excluding hydrogens is 412 g/mol. The minimum Gasteiger partial charge on any atom is -0.518 e.